The first kappa shape index (κ1) is 20.0. The van der Waals surface area contributed by atoms with Crippen LogP contribution in [0.25, 0.3) is 22.5 Å². The molecule has 0 unspecified atom stereocenters. The summed E-state index contributed by atoms with van der Waals surface area (Å²) in [6.45, 7) is 4.44. The third-order valence-corrected chi connectivity index (χ3v) is 5.64. The van der Waals surface area contributed by atoms with E-state index in [1.165, 1.54) is 0 Å². The minimum absolute atomic E-state index is 0.286. The number of unbranched alkanes of at least 4 members (excludes halogenated alkanes) is 1. The number of pyridine rings is 2. The van der Waals surface area contributed by atoms with Crippen LogP contribution in [-0.2, 0) is 5.41 Å². The van der Waals surface area contributed by atoms with E-state index < -0.39 is 0 Å². The number of imidazole rings is 2. The zero-order valence-electron chi connectivity index (χ0n) is 17.6. The highest BCUT2D eigenvalue weighted by Crippen LogP contribution is 2.39. The topological polar surface area (TPSA) is 83.1 Å². The van der Waals surface area contributed by atoms with Crippen LogP contribution >= 0.6 is 0 Å². The highest BCUT2D eigenvalue weighted by atomic mass is 15.0. The van der Waals surface area contributed by atoms with Crippen LogP contribution < -0.4 is 0 Å². The van der Waals surface area contributed by atoms with Gasteiger partial charge in [-0.05, 0) is 37.1 Å². The maximum absolute atomic E-state index is 4.84. The second-order valence-electron chi connectivity index (χ2n) is 7.71. The predicted octanol–water partition coefficient (Wildman–Crippen LogP) is 5.53. The molecular formula is C24H28N6. The number of H-pyrrole nitrogens is 2. The van der Waals surface area contributed by atoms with Crippen molar-refractivity contribution in [1.82, 2.24) is 29.9 Å². The van der Waals surface area contributed by atoms with E-state index in [-0.39, 0.29) is 5.41 Å². The molecule has 0 amide bonds. The Kier molecular flexibility index (Phi) is 6.02. The minimum atomic E-state index is -0.286. The summed E-state index contributed by atoms with van der Waals surface area (Å²) in [6, 6.07) is 7.98. The number of hydrogen-bond donors (Lipinski definition) is 2. The predicted molar refractivity (Wildman–Crippen MR) is 119 cm³/mol. The summed E-state index contributed by atoms with van der Waals surface area (Å²) < 4.78 is 0. The van der Waals surface area contributed by atoms with Gasteiger partial charge in [-0.1, -0.05) is 33.1 Å². The molecule has 0 bridgehead atoms. The third kappa shape index (κ3) is 3.90. The second-order valence-corrected chi connectivity index (χ2v) is 7.71. The molecule has 4 aromatic heterocycles. The normalized spacial score (nSPS) is 11.7. The fraction of sp³-hybridized carbons (Fsp3) is 0.333. The van der Waals surface area contributed by atoms with Gasteiger partial charge in [-0.3, -0.25) is 9.97 Å². The molecule has 0 aliphatic heterocycles. The van der Waals surface area contributed by atoms with Crippen molar-refractivity contribution in [3.8, 4) is 22.5 Å². The number of nitrogens with one attached hydrogen (secondary N) is 2. The Morgan fingerprint density at radius 1 is 0.733 bits per heavy atom. The van der Waals surface area contributed by atoms with Gasteiger partial charge in [-0.2, -0.15) is 0 Å². The largest absolute Gasteiger partial charge is 0.341 e. The average molecular weight is 401 g/mol. The fourth-order valence-corrected chi connectivity index (χ4v) is 4.08. The van der Waals surface area contributed by atoms with Gasteiger partial charge in [0.05, 0.1) is 29.2 Å². The zero-order valence-corrected chi connectivity index (χ0v) is 17.6. The maximum Gasteiger partial charge on any atom is 0.120 e. The first-order chi connectivity index (χ1) is 14.8. The summed E-state index contributed by atoms with van der Waals surface area (Å²) in [6.07, 6.45) is 16.3. The summed E-state index contributed by atoms with van der Waals surface area (Å²) in [5, 5.41) is 0. The van der Waals surface area contributed by atoms with Crippen molar-refractivity contribution in [1.29, 1.82) is 0 Å². The number of aromatic amines is 2. The highest BCUT2D eigenvalue weighted by Gasteiger charge is 2.38. The Balaban J connectivity index is 1.78. The first-order valence-electron chi connectivity index (χ1n) is 10.7. The third-order valence-electron chi connectivity index (χ3n) is 5.64. The van der Waals surface area contributed by atoms with Crippen LogP contribution in [0.3, 0.4) is 0 Å². The van der Waals surface area contributed by atoms with Crippen LogP contribution in [0.5, 0.6) is 0 Å². The molecule has 30 heavy (non-hydrogen) atoms. The van der Waals surface area contributed by atoms with E-state index in [0.29, 0.717) is 0 Å². The highest BCUT2D eigenvalue weighted by molar-refractivity contribution is 5.58. The Labute approximate surface area is 177 Å². The molecule has 6 nitrogen and oxygen atoms in total. The Bertz CT molecular complexity index is 974. The molecule has 4 rings (SSSR count). The van der Waals surface area contributed by atoms with Crippen LogP contribution in [0.15, 0.2) is 61.4 Å². The molecule has 4 heterocycles. The molecule has 0 saturated carbocycles. The summed E-state index contributed by atoms with van der Waals surface area (Å²) in [5.41, 5.74) is 3.74. The minimum Gasteiger partial charge on any atom is -0.341 e. The van der Waals surface area contributed by atoms with Gasteiger partial charge in [0.25, 0.3) is 0 Å². The molecule has 2 N–H and O–H groups in total. The second kappa shape index (κ2) is 9.03. The van der Waals surface area contributed by atoms with Crippen molar-refractivity contribution in [3.05, 3.63) is 73.1 Å². The molecule has 6 heteroatoms. The van der Waals surface area contributed by atoms with Gasteiger partial charge in [0.1, 0.15) is 11.6 Å². The Morgan fingerprint density at radius 3 is 1.73 bits per heavy atom. The Hall–Kier alpha value is -3.28. The van der Waals surface area contributed by atoms with E-state index in [4.69, 9.17) is 9.97 Å². The number of aromatic nitrogens is 6. The van der Waals surface area contributed by atoms with E-state index >= 15 is 0 Å². The van der Waals surface area contributed by atoms with E-state index in [1.807, 2.05) is 49.1 Å². The zero-order chi connectivity index (χ0) is 20.8. The van der Waals surface area contributed by atoms with Crippen molar-refractivity contribution in [2.75, 3.05) is 0 Å². The van der Waals surface area contributed by atoms with Crippen LogP contribution in [0, 0.1) is 0 Å². The van der Waals surface area contributed by atoms with Gasteiger partial charge < -0.3 is 9.97 Å². The van der Waals surface area contributed by atoms with Crippen molar-refractivity contribution in [3.63, 3.8) is 0 Å². The quantitative estimate of drug-likeness (QED) is 0.387. The molecule has 0 aliphatic rings. The lowest BCUT2D eigenvalue weighted by Gasteiger charge is -2.30. The van der Waals surface area contributed by atoms with Crippen molar-refractivity contribution < 1.29 is 0 Å². The Morgan fingerprint density at radius 2 is 1.30 bits per heavy atom. The van der Waals surface area contributed by atoms with Gasteiger partial charge in [-0.15, -0.1) is 0 Å². The summed E-state index contributed by atoms with van der Waals surface area (Å²) in [5.74, 6) is 1.92. The van der Waals surface area contributed by atoms with Crippen LogP contribution in [0.1, 0.15) is 57.6 Å². The smallest absolute Gasteiger partial charge is 0.120 e. The molecule has 154 valence electrons. The van der Waals surface area contributed by atoms with Crippen molar-refractivity contribution in [2.24, 2.45) is 0 Å². The standard InChI is InChI=1S/C24H28N6/c1-3-5-11-24(10-4-2,22-27-16-20(29-22)18-8-6-12-25-14-18)23-28-17-21(30-23)19-9-7-13-26-15-19/h6-9,12-17H,3-5,10-11H2,1-2H3,(H,27,29)(H,28,30). The van der Waals surface area contributed by atoms with E-state index in [9.17, 15) is 0 Å². The number of rotatable bonds is 9. The van der Waals surface area contributed by atoms with Gasteiger partial charge in [0.2, 0.25) is 0 Å². The van der Waals surface area contributed by atoms with Gasteiger partial charge in [0, 0.05) is 35.9 Å². The molecule has 0 spiro atoms. The summed E-state index contributed by atoms with van der Waals surface area (Å²) in [4.78, 5) is 25.3. The van der Waals surface area contributed by atoms with E-state index in [2.05, 4.69) is 33.8 Å². The SMILES string of the molecule is CCCCC(CCC)(c1ncc(-c2cccnc2)[nH]1)c1ncc(-c2cccnc2)[nH]1. The number of nitrogens with zero attached hydrogens (tertiary/aromatic N) is 4. The lowest BCUT2D eigenvalue weighted by Crippen LogP contribution is -2.31. The van der Waals surface area contributed by atoms with Crippen LogP contribution in [-0.4, -0.2) is 29.9 Å². The van der Waals surface area contributed by atoms with E-state index in [1.54, 1.807) is 12.4 Å². The molecule has 0 aliphatic carbocycles. The van der Waals surface area contributed by atoms with Crippen molar-refractivity contribution >= 4 is 0 Å². The maximum atomic E-state index is 4.84. The van der Waals surface area contributed by atoms with Gasteiger partial charge in [-0.25, -0.2) is 9.97 Å². The summed E-state index contributed by atoms with van der Waals surface area (Å²) in [7, 11) is 0. The molecule has 0 fully saturated rings. The molecule has 0 aromatic carbocycles. The van der Waals surface area contributed by atoms with E-state index in [0.717, 1.165) is 66.3 Å². The monoisotopic (exact) mass is 400 g/mol. The molecule has 0 radical (unpaired) electrons. The lowest BCUT2D eigenvalue weighted by molar-refractivity contribution is 0.379. The summed E-state index contributed by atoms with van der Waals surface area (Å²) >= 11 is 0. The molecule has 0 atom stereocenters. The fourth-order valence-electron chi connectivity index (χ4n) is 4.08. The lowest BCUT2D eigenvalue weighted by atomic mass is 9.77. The average Bonchev–Trinajstić information content (AvgIpc) is 3.49. The van der Waals surface area contributed by atoms with Crippen LogP contribution in [0.2, 0.25) is 0 Å². The first-order valence-corrected chi connectivity index (χ1v) is 10.7. The number of hydrogen-bond acceptors (Lipinski definition) is 4. The van der Waals surface area contributed by atoms with Gasteiger partial charge in [0.15, 0.2) is 0 Å². The van der Waals surface area contributed by atoms with Gasteiger partial charge >= 0.3 is 0 Å². The van der Waals surface area contributed by atoms with Crippen LogP contribution in [0.4, 0.5) is 0 Å². The van der Waals surface area contributed by atoms with Crippen molar-refractivity contribution in [2.45, 2.75) is 51.4 Å². The molecule has 4 aromatic rings. The molecular weight excluding hydrogens is 372 g/mol. The molecule has 0 saturated heterocycles.